The second kappa shape index (κ2) is 5.32. The van der Waals surface area contributed by atoms with E-state index in [4.69, 9.17) is 4.84 Å². The SMILES string of the molecule is [CH2]CN(C=O)OCc1ccccc1. The van der Waals surface area contributed by atoms with Crippen molar-refractivity contribution in [3.8, 4) is 0 Å². The fraction of sp³-hybridized carbons (Fsp3) is 0.200. The van der Waals surface area contributed by atoms with Gasteiger partial charge in [0.1, 0.15) is 6.61 Å². The summed E-state index contributed by atoms with van der Waals surface area (Å²) in [6.45, 7) is 4.25. The second-order valence-corrected chi connectivity index (χ2v) is 2.51. The molecule has 3 nitrogen and oxygen atoms in total. The lowest BCUT2D eigenvalue weighted by molar-refractivity contribution is -0.173. The number of hydroxylamine groups is 2. The molecule has 0 spiro atoms. The molecule has 1 aromatic rings. The average Bonchev–Trinajstić information content (AvgIpc) is 2.21. The summed E-state index contributed by atoms with van der Waals surface area (Å²) in [5.74, 6) is 0. The Bertz CT molecular complexity index is 248. The molecular formula is C10H12NO2. The van der Waals surface area contributed by atoms with Gasteiger partial charge in [0, 0.05) is 6.54 Å². The Morgan fingerprint density at radius 2 is 2.08 bits per heavy atom. The third kappa shape index (κ3) is 3.25. The van der Waals surface area contributed by atoms with Gasteiger partial charge in [-0.1, -0.05) is 30.3 Å². The maximum Gasteiger partial charge on any atom is 0.233 e. The lowest BCUT2D eigenvalue weighted by Crippen LogP contribution is -2.21. The van der Waals surface area contributed by atoms with Crippen molar-refractivity contribution in [3.05, 3.63) is 42.8 Å². The molecule has 1 amide bonds. The van der Waals surface area contributed by atoms with Gasteiger partial charge >= 0.3 is 0 Å². The monoisotopic (exact) mass is 178 g/mol. The molecular weight excluding hydrogens is 166 g/mol. The molecule has 0 N–H and O–H groups in total. The Morgan fingerprint density at radius 1 is 1.38 bits per heavy atom. The highest BCUT2D eigenvalue weighted by Gasteiger charge is 1.98. The number of carbonyl (C=O) groups excluding carboxylic acids is 1. The molecule has 0 atom stereocenters. The molecule has 0 bridgehead atoms. The number of rotatable bonds is 5. The van der Waals surface area contributed by atoms with Gasteiger partial charge in [0.25, 0.3) is 0 Å². The Hall–Kier alpha value is -1.35. The van der Waals surface area contributed by atoms with Crippen LogP contribution in [0.25, 0.3) is 0 Å². The first kappa shape index (κ1) is 9.74. The molecule has 69 valence electrons. The minimum Gasteiger partial charge on any atom is -0.276 e. The number of carbonyl (C=O) groups is 1. The quantitative estimate of drug-likeness (QED) is 0.504. The zero-order valence-electron chi connectivity index (χ0n) is 7.35. The highest BCUT2D eigenvalue weighted by atomic mass is 16.7. The van der Waals surface area contributed by atoms with Crippen molar-refractivity contribution in [2.45, 2.75) is 6.61 Å². The Balaban J connectivity index is 2.38. The standard InChI is InChI=1S/C10H12NO2/c1-2-11(9-12)13-8-10-6-4-3-5-7-10/h3-7,9H,1-2,8H2. The normalized spacial score (nSPS) is 9.62. The van der Waals surface area contributed by atoms with Crippen molar-refractivity contribution in [3.63, 3.8) is 0 Å². The molecule has 0 saturated heterocycles. The molecule has 0 fully saturated rings. The second-order valence-electron chi connectivity index (χ2n) is 2.51. The van der Waals surface area contributed by atoms with Crippen molar-refractivity contribution >= 4 is 6.41 Å². The number of nitrogens with zero attached hydrogens (tertiary/aromatic N) is 1. The maximum atomic E-state index is 10.3. The summed E-state index contributed by atoms with van der Waals surface area (Å²) in [4.78, 5) is 15.4. The highest BCUT2D eigenvalue weighted by Crippen LogP contribution is 2.01. The molecule has 0 aliphatic rings. The first-order valence-electron chi connectivity index (χ1n) is 4.05. The average molecular weight is 178 g/mol. The molecule has 1 radical (unpaired) electrons. The first-order valence-corrected chi connectivity index (χ1v) is 4.05. The van der Waals surface area contributed by atoms with Gasteiger partial charge in [-0.15, -0.1) is 0 Å². The van der Waals surface area contributed by atoms with Gasteiger partial charge in [0.15, 0.2) is 0 Å². The molecule has 0 heterocycles. The molecule has 0 aliphatic carbocycles. The van der Waals surface area contributed by atoms with Crippen molar-refractivity contribution in [1.82, 2.24) is 5.06 Å². The van der Waals surface area contributed by atoms with Crippen LogP contribution < -0.4 is 0 Å². The zero-order chi connectivity index (χ0) is 9.52. The topological polar surface area (TPSA) is 29.5 Å². The summed E-state index contributed by atoms with van der Waals surface area (Å²) in [5, 5.41) is 1.16. The van der Waals surface area contributed by atoms with Crippen molar-refractivity contribution in [2.75, 3.05) is 6.54 Å². The van der Waals surface area contributed by atoms with Gasteiger partial charge in [-0.05, 0) is 12.5 Å². The number of hydrogen-bond donors (Lipinski definition) is 0. The molecule has 0 saturated carbocycles. The molecule has 0 aliphatic heterocycles. The lowest BCUT2D eigenvalue weighted by atomic mass is 10.2. The van der Waals surface area contributed by atoms with Crippen LogP contribution in [0.5, 0.6) is 0 Å². The minimum absolute atomic E-state index is 0.316. The van der Waals surface area contributed by atoms with E-state index in [9.17, 15) is 4.79 Å². The van der Waals surface area contributed by atoms with Crippen molar-refractivity contribution < 1.29 is 9.63 Å². The van der Waals surface area contributed by atoms with Crippen LogP contribution in [0.15, 0.2) is 30.3 Å². The van der Waals surface area contributed by atoms with Crippen molar-refractivity contribution in [2.24, 2.45) is 0 Å². The first-order chi connectivity index (χ1) is 6.36. The predicted molar refractivity (Wildman–Crippen MR) is 49.4 cm³/mol. The van der Waals surface area contributed by atoms with Gasteiger partial charge in [0.05, 0.1) is 0 Å². The molecule has 13 heavy (non-hydrogen) atoms. The van der Waals surface area contributed by atoms with E-state index in [-0.39, 0.29) is 0 Å². The Morgan fingerprint density at radius 3 is 2.62 bits per heavy atom. The fourth-order valence-corrected chi connectivity index (χ4v) is 0.879. The smallest absolute Gasteiger partial charge is 0.233 e. The van der Waals surface area contributed by atoms with Crippen LogP contribution in [0.4, 0.5) is 0 Å². The minimum atomic E-state index is 0.316. The Labute approximate surface area is 77.9 Å². The van der Waals surface area contributed by atoms with Gasteiger partial charge < -0.3 is 0 Å². The van der Waals surface area contributed by atoms with Crippen LogP contribution in [0.1, 0.15) is 5.56 Å². The van der Waals surface area contributed by atoms with Crippen LogP contribution in [0.3, 0.4) is 0 Å². The molecule has 1 aromatic carbocycles. The van der Waals surface area contributed by atoms with E-state index in [0.717, 1.165) is 10.6 Å². The number of hydrogen-bond acceptors (Lipinski definition) is 2. The molecule has 1 rings (SSSR count). The molecule has 3 heteroatoms. The van der Waals surface area contributed by atoms with Crippen LogP contribution in [0, 0.1) is 6.92 Å². The van der Waals surface area contributed by atoms with E-state index in [0.29, 0.717) is 19.6 Å². The van der Waals surface area contributed by atoms with E-state index in [2.05, 4.69) is 6.92 Å². The molecule has 0 aromatic heterocycles. The summed E-state index contributed by atoms with van der Waals surface area (Å²) in [6, 6.07) is 9.66. The van der Waals surface area contributed by atoms with Gasteiger partial charge in [-0.3, -0.25) is 9.63 Å². The third-order valence-corrected chi connectivity index (χ3v) is 1.58. The number of amides is 1. The zero-order valence-corrected chi connectivity index (χ0v) is 7.35. The summed E-state index contributed by atoms with van der Waals surface area (Å²) in [5.41, 5.74) is 1.03. The van der Waals surface area contributed by atoms with Crippen LogP contribution in [-0.2, 0) is 16.2 Å². The van der Waals surface area contributed by atoms with Crippen LogP contribution in [0.2, 0.25) is 0 Å². The third-order valence-electron chi connectivity index (χ3n) is 1.58. The van der Waals surface area contributed by atoms with E-state index in [1.54, 1.807) is 0 Å². The summed E-state index contributed by atoms with van der Waals surface area (Å²) >= 11 is 0. The summed E-state index contributed by atoms with van der Waals surface area (Å²) < 4.78 is 0. The van der Waals surface area contributed by atoms with Crippen LogP contribution in [-0.4, -0.2) is 18.0 Å². The lowest BCUT2D eigenvalue weighted by Gasteiger charge is -2.13. The number of benzene rings is 1. The van der Waals surface area contributed by atoms with Gasteiger partial charge in [-0.25, -0.2) is 5.06 Å². The van der Waals surface area contributed by atoms with E-state index in [1.165, 1.54) is 0 Å². The van der Waals surface area contributed by atoms with Gasteiger partial charge in [0.2, 0.25) is 6.41 Å². The summed E-state index contributed by atoms with van der Waals surface area (Å²) in [6.07, 6.45) is 0.621. The van der Waals surface area contributed by atoms with Crippen LogP contribution >= 0.6 is 0 Å². The van der Waals surface area contributed by atoms with E-state index >= 15 is 0 Å². The highest BCUT2D eigenvalue weighted by molar-refractivity contribution is 5.45. The van der Waals surface area contributed by atoms with E-state index in [1.807, 2.05) is 30.3 Å². The van der Waals surface area contributed by atoms with E-state index < -0.39 is 0 Å². The van der Waals surface area contributed by atoms with Crippen molar-refractivity contribution in [1.29, 1.82) is 0 Å². The van der Waals surface area contributed by atoms with Gasteiger partial charge in [-0.2, -0.15) is 0 Å². The molecule has 0 unspecified atom stereocenters. The summed E-state index contributed by atoms with van der Waals surface area (Å²) in [7, 11) is 0. The fourth-order valence-electron chi connectivity index (χ4n) is 0.879. The largest absolute Gasteiger partial charge is 0.276 e. The maximum absolute atomic E-state index is 10.3. The Kier molecular flexibility index (Phi) is 3.99. The predicted octanol–water partition coefficient (Wildman–Crippen LogP) is 1.41.